The van der Waals surface area contributed by atoms with Crippen molar-refractivity contribution in [1.82, 2.24) is 4.90 Å². The van der Waals surface area contributed by atoms with Crippen molar-refractivity contribution in [1.29, 1.82) is 0 Å². The van der Waals surface area contributed by atoms with Crippen molar-refractivity contribution in [3.8, 4) is 0 Å². The zero-order valence-electron chi connectivity index (χ0n) is 14.4. The number of nitrogens with zero attached hydrogens (tertiary/aromatic N) is 1. The highest BCUT2D eigenvalue weighted by molar-refractivity contribution is 5.89. The Bertz CT molecular complexity index is 576. The minimum absolute atomic E-state index is 0.0903. The molecule has 0 N–H and O–H groups in total. The second-order valence-electron chi connectivity index (χ2n) is 6.15. The first-order valence-electron chi connectivity index (χ1n) is 8.22. The van der Waals surface area contributed by atoms with Gasteiger partial charge in [-0.15, -0.1) is 0 Å². The number of hydrogen-bond donors (Lipinski definition) is 0. The third-order valence-corrected chi connectivity index (χ3v) is 4.39. The molecule has 0 radical (unpaired) electrons. The second-order valence-corrected chi connectivity index (χ2v) is 6.15. The van der Waals surface area contributed by atoms with Crippen LogP contribution < -0.4 is 0 Å². The zero-order valence-corrected chi connectivity index (χ0v) is 14.4. The number of carbonyl (C=O) groups excluding carboxylic acids is 2. The molecule has 0 bridgehead atoms. The summed E-state index contributed by atoms with van der Waals surface area (Å²) in [5, 5.41) is 0. The Kier molecular flexibility index (Phi) is 6.55. The molecule has 1 aliphatic heterocycles. The first-order valence-corrected chi connectivity index (χ1v) is 8.22. The summed E-state index contributed by atoms with van der Waals surface area (Å²) in [5.41, 5.74) is 1.50. The maximum absolute atomic E-state index is 11.8. The molecule has 1 atom stereocenters. The van der Waals surface area contributed by atoms with E-state index in [1.54, 1.807) is 0 Å². The van der Waals surface area contributed by atoms with Crippen LogP contribution in [-0.4, -0.2) is 43.1 Å². The molecular formula is C19H25NO4. The van der Waals surface area contributed by atoms with Crippen LogP contribution in [0.1, 0.15) is 25.3 Å². The molecule has 1 heterocycles. The Hall–Kier alpha value is -2.14. The molecule has 5 nitrogen and oxygen atoms in total. The molecule has 0 aromatic heterocycles. The van der Waals surface area contributed by atoms with Gasteiger partial charge in [0.2, 0.25) is 0 Å². The molecule has 0 aliphatic carbocycles. The van der Waals surface area contributed by atoms with Gasteiger partial charge >= 0.3 is 11.9 Å². The van der Waals surface area contributed by atoms with Crippen molar-refractivity contribution in [2.75, 3.05) is 20.2 Å². The van der Waals surface area contributed by atoms with Crippen LogP contribution in [0.15, 0.2) is 42.5 Å². The zero-order chi connectivity index (χ0) is 17.5. The van der Waals surface area contributed by atoms with Gasteiger partial charge in [0, 0.05) is 19.4 Å². The number of likely N-dealkylation sites (tertiary alicyclic amines) is 1. The van der Waals surface area contributed by atoms with Crippen molar-refractivity contribution < 1.29 is 19.1 Å². The Morgan fingerprint density at radius 2 is 1.88 bits per heavy atom. The second kappa shape index (κ2) is 8.64. The van der Waals surface area contributed by atoms with Crippen LogP contribution in [0, 0.1) is 5.92 Å². The summed E-state index contributed by atoms with van der Waals surface area (Å²) < 4.78 is 10.1. The van der Waals surface area contributed by atoms with Gasteiger partial charge in [-0.25, -0.2) is 4.79 Å². The van der Waals surface area contributed by atoms with Crippen LogP contribution in [0.3, 0.4) is 0 Å². The summed E-state index contributed by atoms with van der Waals surface area (Å²) in [4.78, 5) is 25.5. The minimum atomic E-state index is -0.603. The molecular weight excluding hydrogens is 306 g/mol. The number of rotatable bonds is 6. The van der Waals surface area contributed by atoms with Gasteiger partial charge < -0.3 is 9.47 Å². The van der Waals surface area contributed by atoms with Gasteiger partial charge in [-0.05, 0) is 31.5 Å². The Morgan fingerprint density at radius 1 is 1.25 bits per heavy atom. The molecule has 5 heteroatoms. The van der Waals surface area contributed by atoms with E-state index < -0.39 is 18.0 Å². The van der Waals surface area contributed by atoms with E-state index in [0.717, 1.165) is 32.5 Å². The highest BCUT2D eigenvalue weighted by atomic mass is 16.6. The van der Waals surface area contributed by atoms with Crippen molar-refractivity contribution in [2.24, 2.45) is 5.92 Å². The van der Waals surface area contributed by atoms with E-state index >= 15 is 0 Å². The molecule has 0 amide bonds. The van der Waals surface area contributed by atoms with Gasteiger partial charge in [-0.3, -0.25) is 9.69 Å². The van der Waals surface area contributed by atoms with Crippen molar-refractivity contribution in [3.05, 3.63) is 48.0 Å². The number of methoxy groups -OCH3 is 1. The lowest BCUT2D eigenvalue weighted by atomic mass is 9.87. The SMILES string of the molecule is C=C(C(=O)OC)C(OC(C)=O)C1CCN(Cc2ccccc2)CC1. The maximum Gasteiger partial charge on any atom is 0.336 e. The van der Waals surface area contributed by atoms with Crippen LogP contribution >= 0.6 is 0 Å². The fraction of sp³-hybridized carbons (Fsp3) is 0.474. The molecule has 1 aliphatic rings. The quantitative estimate of drug-likeness (QED) is 0.592. The normalized spacial score (nSPS) is 17.1. The van der Waals surface area contributed by atoms with Crippen molar-refractivity contribution in [2.45, 2.75) is 32.4 Å². The lowest BCUT2D eigenvalue weighted by molar-refractivity contribution is -0.150. The summed E-state index contributed by atoms with van der Waals surface area (Å²) in [6.07, 6.45) is 1.09. The number of carbonyl (C=O) groups is 2. The average Bonchev–Trinajstić information content (AvgIpc) is 2.60. The first kappa shape index (κ1) is 18.2. The highest BCUT2D eigenvalue weighted by Crippen LogP contribution is 2.28. The van der Waals surface area contributed by atoms with E-state index in [2.05, 4.69) is 23.6 Å². The predicted molar refractivity (Wildman–Crippen MR) is 91.2 cm³/mol. The summed E-state index contributed by atoms with van der Waals surface area (Å²) in [5.74, 6) is -0.836. The third kappa shape index (κ3) is 4.93. The number of esters is 2. The van der Waals surface area contributed by atoms with Crippen molar-refractivity contribution >= 4 is 11.9 Å². The van der Waals surface area contributed by atoms with E-state index in [1.165, 1.54) is 19.6 Å². The first-order chi connectivity index (χ1) is 11.5. The number of piperidine rings is 1. The Morgan fingerprint density at radius 3 is 2.42 bits per heavy atom. The smallest absolute Gasteiger partial charge is 0.336 e. The molecule has 2 rings (SSSR count). The highest BCUT2D eigenvalue weighted by Gasteiger charge is 2.33. The molecule has 24 heavy (non-hydrogen) atoms. The van der Waals surface area contributed by atoms with E-state index in [0.29, 0.717) is 0 Å². The standard InChI is InChI=1S/C19H25NO4/c1-14(19(22)23-3)18(24-15(2)21)17-9-11-20(12-10-17)13-16-7-5-4-6-8-16/h4-8,17-18H,1,9-13H2,2-3H3. The summed E-state index contributed by atoms with van der Waals surface area (Å²) in [7, 11) is 1.31. The van der Waals surface area contributed by atoms with Crippen molar-refractivity contribution in [3.63, 3.8) is 0 Å². The Labute approximate surface area is 143 Å². The van der Waals surface area contributed by atoms with Crippen LogP contribution in [0.4, 0.5) is 0 Å². The monoisotopic (exact) mass is 331 g/mol. The van der Waals surface area contributed by atoms with E-state index in [-0.39, 0.29) is 11.5 Å². The van der Waals surface area contributed by atoms with E-state index in [1.807, 2.05) is 18.2 Å². The third-order valence-electron chi connectivity index (χ3n) is 4.39. The fourth-order valence-electron chi connectivity index (χ4n) is 3.13. The molecule has 1 aromatic rings. The summed E-state index contributed by atoms with van der Waals surface area (Å²) in [6, 6.07) is 10.3. The largest absolute Gasteiger partial charge is 0.466 e. The molecule has 0 spiro atoms. The lowest BCUT2D eigenvalue weighted by Crippen LogP contribution is -2.40. The Balaban J connectivity index is 1.95. The summed E-state index contributed by atoms with van der Waals surface area (Å²) in [6.45, 7) is 7.82. The molecule has 1 saturated heterocycles. The predicted octanol–water partition coefficient (Wildman–Crippen LogP) is 2.56. The van der Waals surface area contributed by atoms with Crippen LogP contribution in [0.5, 0.6) is 0 Å². The molecule has 1 fully saturated rings. The number of hydrogen-bond acceptors (Lipinski definition) is 5. The van der Waals surface area contributed by atoms with Gasteiger partial charge in [0.15, 0.2) is 0 Å². The minimum Gasteiger partial charge on any atom is -0.466 e. The van der Waals surface area contributed by atoms with Gasteiger partial charge in [-0.2, -0.15) is 0 Å². The van der Waals surface area contributed by atoms with Crippen LogP contribution in [0.2, 0.25) is 0 Å². The fourth-order valence-corrected chi connectivity index (χ4v) is 3.13. The van der Waals surface area contributed by atoms with Crippen LogP contribution in [-0.2, 0) is 25.6 Å². The van der Waals surface area contributed by atoms with Crippen LogP contribution in [0.25, 0.3) is 0 Å². The number of benzene rings is 1. The van der Waals surface area contributed by atoms with E-state index in [9.17, 15) is 9.59 Å². The number of ether oxygens (including phenoxy) is 2. The van der Waals surface area contributed by atoms with Gasteiger partial charge in [0.05, 0.1) is 12.7 Å². The molecule has 0 saturated carbocycles. The maximum atomic E-state index is 11.8. The topological polar surface area (TPSA) is 55.8 Å². The van der Waals surface area contributed by atoms with Gasteiger partial charge in [0.1, 0.15) is 6.10 Å². The summed E-state index contributed by atoms with van der Waals surface area (Å²) >= 11 is 0. The lowest BCUT2D eigenvalue weighted by Gasteiger charge is -2.35. The van der Waals surface area contributed by atoms with Gasteiger partial charge in [0.25, 0.3) is 0 Å². The average molecular weight is 331 g/mol. The molecule has 130 valence electrons. The van der Waals surface area contributed by atoms with Gasteiger partial charge in [-0.1, -0.05) is 36.9 Å². The molecule has 1 unspecified atom stereocenters. The van der Waals surface area contributed by atoms with E-state index in [4.69, 9.17) is 9.47 Å². The molecule has 1 aromatic carbocycles.